The zero-order valence-corrected chi connectivity index (χ0v) is 13.0. The summed E-state index contributed by atoms with van der Waals surface area (Å²) in [6.45, 7) is 5.34. The van der Waals surface area contributed by atoms with Crippen LogP contribution in [0.25, 0.3) is 0 Å². The molecule has 2 N–H and O–H groups in total. The minimum atomic E-state index is -0.631. The molecule has 0 heterocycles. The minimum absolute atomic E-state index is 0.0351. The van der Waals surface area contributed by atoms with Gasteiger partial charge in [0.25, 0.3) is 0 Å². The lowest BCUT2D eigenvalue weighted by molar-refractivity contribution is -0.135. The third kappa shape index (κ3) is 5.00. The van der Waals surface area contributed by atoms with E-state index in [9.17, 15) is 14.7 Å². The van der Waals surface area contributed by atoms with Crippen LogP contribution in [-0.2, 0) is 9.53 Å². The van der Waals surface area contributed by atoms with Crippen molar-refractivity contribution in [3.63, 3.8) is 0 Å². The molecule has 1 aliphatic carbocycles. The van der Waals surface area contributed by atoms with Gasteiger partial charge in [-0.1, -0.05) is 0 Å². The van der Waals surface area contributed by atoms with Crippen molar-refractivity contribution in [2.45, 2.75) is 57.8 Å². The highest BCUT2D eigenvalue weighted by molar-refractivity contribution is 5.78. The number of carbonyl (C=O) groups excluding carboxylic acids is 2. The van der Waals surface area contributed by atoms with Crippen LogP contribution in [0.5, 0.6) is 0 Å². The van der Waals surface area contributed by atoms with Crippen LogP contribution in [-0.4, -0.2) is 53.8 Å². The normalized spacial score (nSPS) is 26.8. The second-order valence-electron chi connectivity index (χ2n) is 6.56. The fourth-order valence-corrected chi connectivity index (χ4v) is 2.36. The molecule has 1 saturated carbocycles. The first-order valence-corrected chi connectivity index (χ1v) is 6.99. The Morgan fingerprint density at radius 3 is 2.35 bits per heavy atom. The maximum absolute atomic E-state index is 12.0. The fraction of sp³-hybridized carbons (Fsp3) is 0.857. The van der Waals surface area contributed by atoms with Crippen molar-refractivity contribution in [1.82, 2.24) is 10.2 Å². The highest BCUT2D eigenvalue weighted by Gasteiger charge is 2.35. The highest BCUT2D eigenvalue weighted by atomic mass is 16.6. The monoisotopic (exact) mass is 286 g/mol. The molecule has 0 aliphatic heterocycles. The molecule has 3 atom stereocenters. The van der Waals surface area contributed by atoms with Crippen LogP contribution in [0.3, 0.4) is 0 Å². The number of nitrogens with one attached hydrogen (secondary N) is 1. The number of aliphatic hydroxyl groups excluding tert-OH is 1. The quantitative estimate of drug-likeness (QED) is 0.797. The molecule has 1 rings (SSSR count). The summed E-state index contributed by atoms with van der Waals surface area (Å²) >= 11 is 0. The Kier molecular flexibility index (Phi) is 5.39. The number of amides is 2. The predicted octanol–water partition coefficient (Wildman–Crippen LogP) is 1.13. The molecule has 0 aromatic heterocycles. The molecule has 1 aliphatic rings. The van der Waals surface area contributed by atoms with Crippen LogP contribution in [0.4, 0.5) is 4.79 Å². The molecule has 0 aromatic carbocycles. The first-order valence-electron chi connectivity index (χ1n) is 6.99. The Bertz CT molecular complexity index is 363. The zero-order valence-electron chi connectivity index (χ0n) is 13.0. The summed E-state index contributed by atoms with van der Waals surface area (Å²) in [6.07, 6.45) is 0.403. The van der Waals surface area contributed by atoms with Crippen molar-refractivity contribution in [2.24, 2.45) is 5.92 Å². The summed E-state index contributed by atoms with van der Waals surface area (Å²) in [6, 6.07) is -0.438. The number of hydrogen-bond donors (Lipinski definition) is 2. The van der Waals surface area contributed by atoms with Gasteiger partial charge >= 0.3 is 6.09 Å². The first-order chi connectivity index (χ1) is 9.10. The third-order valence-corrected chi connectivity index (χ3v) is 3.31. The van der Waals surface area contributed by atoms with Gasteiger partial charge < -0.3 is 20.1 Å². The van der Waals surface area contributed by atoms with Gasteiger partial charge in [0.1, 0.15) is 5.60 Å². The van der Waals surface area contributed by atoms with E-state index in [0.717, 1.165) is 0 Å². The van der Waals surface area contributed by atoms with Crippen LogP contribution in [0.1, 0.15) is 40.0 Å². The SMILES string of the molecule is CN(C)C(=O)[C@@H]1CC[C@@H](O)[C@H](NC(=O)OC(C)(C)C)C1. The van der Waals surface area contributed by atoms with Crippen LogP contribution >= 0.6 is 0 Å². The molecule has 6 heteroatoms. The molecule has 0 unspecified atom stereocenters. The first kappa shape index (κ1) is 16.8. The van der Waals surface area contributed by atoms with Gasteiger partial charge in [-0.25, -0.2) is 4.79 Å². The van der Waals surface area contributed by atoms with E-state index in [-0.39, 0.29) is 11.8 Å². The number of aliphatic hydroxyl groups is 1. The van der Waals surface area contributed by atoms with Crippen molar-refractivity contribution in [1.29, 1.82) is 0 Å². The Morgan fingerprint density at radius 1 is 1.25 bits per heavy atom. The zero-order chi connectivity index (χ0) is 15.5. The fourth-order valence-electron chi connectivity index (χ4n) is 2.36. The number of carbonyl (C=O) groups is 2. The Morgan fingerprint density at radius 2 is 1.85 bits per heavy atom. The number of ether oxygens (including phenoxy) is 1. The molecular weight excluding hydrogens is 260 g/mol. The summed E-state index contributed by atoms with van der Waals surface area (Å²) in [5.41, 5.74) is -0.581. The van der Waals surface area contributed by atoms with Gasteiger partial charge in [0.2, 0.25) is 5.91 Å². The maximum atomic E-state index is 12.0. The van der Waals surface area contributed by atoms with Crippen molar-refractivity contribution in [3.8, 4) is 0 Å². The standard InChI is InChI=1S/C14H26N2O4/c1-14(2,3)20-13(19)15-10-8-9(6-7-11(10)17)12(18)16(4)5/h9-11,17H,6-8H2,1-5H3,(H,15,19)/t9-,10-,11-/m1/s1. The lowest BCUT2D eigenvalue weighted by atomic mass is 9.83. The molecule has 0 saturated heterocycles. The lowest BCUT2D eigenvalue weighted by Gasteiger charge is -2.34. The third-order valence-electron chi connectivity index (χ3n) is 3.31. The van der Waals surface area contributed by atoms with Crippen LogP contribution in [0.2, 0.25) is 0 Å². The van der Waals surface area contributed by atoms with E-state index in [1.54, 1.807) is 39.8 Å². The molecule has 0 aromatic rings. The molecule has 20 heavy (non-hydrogen) atoms. The topological polar surface area (TPSA) is 78.9 Å². The Labute approximate surface area is 120 Å². The average Bonchev–Trinajstić information content (AvgIpc) is 2.28. The summed E-state index contributed by atoms with van der Waals surface area (Å²) < 4.78 is 5.18. The van der Waals surface area contributed by atoms with Gasteiger partial charge in [0.05, 0.1) is 12.1 Å². The molecule has 116 valence electrons. The Balaban J connectivity index is 2.59. The number of hydrogen-bond acceptors (Lipinski definition) is 4. The van der Waals surface area contributed by atoms with E-state index in [2.05, 4.69) is 5.32 Å². The van der Waals surface area contributed by atoms with E-state index < -0.39 is 23.8 Å². The van der Waals surface area contributed by atoms with E-state index in [1.165, 1.54) is 0 Å². The number of nitrogens with zero attached hydrogens (tertiary/aromatic N) is 1. The van der Waals surface area contributed by atoms with Crippen molar-refractivity contribution < 1.29 is 19.4 Å². The van der Waals surface area contributed by atoms with Gasteiger partial charge in [-0.3, -0.25) is 4.79 Å². The number of alkyl carbamates (subject to hydrolysis) is 1. The molecule has 2 amide bonds. The van der Waals surface area contributed by atoms with Gasteiger partial charge in [-0.2, -0.15) is 0 Å². The van der Waals surface area contributed by atoms with Crippen LogP contribution in [0.15, 0.2) is 0 Å². The predicted molar refractivity (Wildman–Crippen MR) is 75.2 cm³/mol. The van der Waals surface area contributed by atoms with E-state index in [0.29, 0.717) is 19.3 Å². The lowest BCUT2D eigenvalue weighted by Crippen LogP contribution is -2.50. The smallest absolute Gasteiger partial charge is 0.407 e. The summed E-state index contributed by atoms with van der Waals surface area (Å²) in [4.78, 5) is 25.3. The van der Waals surface area contributed by atoms with Gasteiger partial charge in [0, 0.05) is 20.0 Å². The summed E-state index contributed by atoms with van der Waals surface area (Å²) in [5, 5.41) is 12.6. The average molecular weight is 286 g/mol. The Hall–Kier alpha value is -1.30. The highest BCUT2D eigenvalue weighted by Crippen LogP contribution is 2.26. The van der Waals surface area contributed by atoms with E-state index >= 15 is 0 Å². The van der Waals surface area contributed by atoms with Crippen LogP contribution in [0, 0.1) is 5.92 Å². The molecule has 6 nitrogen and oxygen atoms in total. The van der Waals surface area contributed by atoms with Crippen molar-refractivity contribution in [2.75, 3.05) is 14.1 Å². The molecule has 0 spiro atoms. The summed E-state index contributed by atoms with van der Waals surface area (Å²) in [5.74, 6) is -0.124. The van der Waals surface area contributed by atoms with Crippen LogP contribution < -0.4 is 5.32 Å². The van der Waals surface area contributed by atoms with Gasteiger partial charge in [0.15, 0.2) is 0 Å². The molecule has 0 bridgehead atoms. The summed E-state index contributed by atoms with van der Waals surface area (Å²) in [7, 11) is 3.42. The molecule has 0 radical (unpaired) electrons. The number of rotatable bonds is 2. The minimum Gasteiger partial charge on any atom is -0.444 e. The molecular formula is C14H26N2O4. The van der Waals surface area contributed by atoms with Gasteiger partial charge in [-0.15, -0.1) is 0 Å². The maximum Gasteiger partial charge on any atom is 0.407 e. The van der Waals surface area contributed by atoms with E-state index in [4.69, 9.17) is 4.74 Å². The van der Waals surface area contributed by atoms with Crippen molar-refractivity contribution >= 4 is 12.0 Å². The second-order valence-corrected chi connectivity index (χ2v) is 6.56. The van der Waals surface area contributed by atoms with E-state index in [1.807, 2.05) is 0 Å². The second kappa shape index (κ2) is 6.43. The van der Waals surface area contributed by atoms with Gasteiger partial charge in [-0.05, 0) is 40.0 Å². The largest absolute Gasteiger partial charge is 0.444 e. The molecule has 1 fully saturated rings. The van der Waals surface area contributed by atoms with Crippen molar-refractivity contribution in [3.05, 3.63) is 0 Å².